The van der Waals surface area contributed by atoms with Gasteiger partial charge in [0.1, 0.15) is 36.6 Å². The molecule has 1 saturated heterocycles. The Kier molecular flexibility index (Phi) is 14.8. The van der Waals surface area contributed by atoms with Gasteiger partial charge in [0, 0.05) is 0 Å². The molecule has 0 aromatic heterocycles. The molecule has 7 rings (SSSR count). The summed E-state index contributed by atoms with van der Waals surface area (Å²) < 4.78 is 52.0. The number of aliphatic hydroxyl groups is 1. The zero-order valence-corrected chi connectivity index (χ0v) is 31.4. The highest BCUT2D eigenvalue weighted by Gasteiger charge is 2.50. The van der Waals surface area contributed by atoms with Gasteiger partial charge >= 0.3 is 0 Å². The monoisotopic (exact) mass is 758 g/mol. The normalized spacial score (nSPS) is 24.7. The van der Waals surface area contributed by atoms with Crippen LogP contribution in [0.5, 0.6) is 0 Å². The van der Waals surface area contributed by atoms with Crippen LogP contribution in [0.4, 0.5) is 0 Å². The molecule has 5 aromatic rings. The van der Waals surface area contributed by atoms with E-state index in [9.17, 15) is 5.11 Å². The van der Waals surface area contributed by atoms with Crippen molar-refractivity contribution in [3.63, 3.8) is 0 Å². The van der Waals surface area contributed by atoms with Gasteiger partial charge < -0.3 is 43.0 Å². The minimum atomic E-state index is -1.10. The van der Waals surface area contributed by atoms with Gasteiger partial charge in [-0.3, -0.25) is 0 Å². The van der Waals surface area contributed by atoms with E-state index in [4.69, 9.17) is 37.9 Å². The molecule has 9 heteroatoms. The summed E-state index contributed by atoms with van der Waals surface area (Å²) in [5.41, 5.74) is 4.99. The van der Waals surface area contributed by atoms with E-state index >= 15 is 0 Å². The summed E-state index contributed by atoms with van der Waals surface area (Å²) in [4.78, 5) is 0. The maximum absolute atomic E-state index is 12.0. The Bertz CT molecular complexity index is 1850. The lowest BCUT2D eigenvalue weighted by Gasteiger charge is -2.46. The Hall–Kier alpha value is -4.68. The molecule has 9 nitrogen and oxygen atoms in total. The summed E-state index contributed by atoms with van der Waals surface area (Å²) in [5.74, 6) is 0. The van der Waals surface area contributed by atoms with Crippen molar-refractivity contribution in [1.29, 1.82) is 0 Å². The summed E-state index contributed by atoms with van der Waals surface area (Å²) in [7, 11) is 0. The van der Waals surface area contributed by atoms with Gasteiger partial charge in [0.05, 0.1) is 52.5 Å². The third-order valence-corrected chi connectivity index (χ3v) is 9.76. The molecule has 0 amide bonds. The fraction of sp³-hybridized carbons (Fsp3) is 0.319. The van der Waals surface area contributed by atoms with Crippen LogP contribution in [0, 0.1) is 0 Å². The van der Waals surface area contributed by atoms with Crippen LogP contribution in [-0.2, 0) is 70.9 Å². The van der Waals surface area contributed by atoms with Crippen LogP contribution in [0.1, 0.15) is 27.8 Å². The molecule has 0 bridgehead atoms. The third-order valence-electron chi connectivity index (χ3n) is 9.76. The first kappa shape index (κ1) is 39.6. The minimum absolute atomic E-state index is 0.0884. The zero-order chi connectivity index (χ0) is 38.2. The van der Waals surface area contributed by atoms with Crippen LogP contribution in [0.25, 0.3) is 0 Å². The Morgan fingerprint density at radius 1 is 0.446 bits per heavy atom. The Morgan fingerprint density at radius 3 is 1.34 bits per heavy atom. The molecule has 1 fully saturated rings. The lowest BCUT2D eigenvalue weighted by atomic mass is 9.97. The molecular formula is C47H50O9. The van der Waals surface area contributed by atoms with Gasteiger partial charge in [-0.05, 0) is 33.9 Å². The molecule has 1 N–H and O–H groups in total. The van der Waals surface area contributed by atoms with Gasteiger partial charge in [0.15, 0.2) is 12.4 Å². The molecule has 6 unspecified atom stereocenters. The van der Waals surface area contributed by atoms with E-state index in [0.717, 1.165) is 27.8 Å². The first-order chi connectivity index (χ1) is 27.7. The van der Waals surface area contributed by atoms with Gasteiger partial charge in [-0.25, -0.2) is 0 Å². The average molecular weight is 759 g/mol. The van der Waals surface area contributed by atoms with Gasteiger partial charge in [-0.15, -0.1) is 0 Å². The molecule has 0 saturated carbocycles. The predicted octanol–water partition coefficient (Wildman–Crippen LogP) is 7.56. The van der Waals surface area contributed by atoms with Crippen molar-refractivity contribution < 1.29 is 43.0 Å². The molecule has 0 radical (unpaired) electrons. The lowest BCUT2D eigenvalue weighted by Crippen LogP contribution is -2.62. The number of aliphatic hydroxyl groups excluding tert-OH is 1. The first-order valence-corrected chi connectivity index (χ1v) is 19.2. The van der Waals surface area contributed by atoms with Crippen LogP contribution < -0.4 is 0 Å². The van der Waals surface area contributed by atoms with Gasteiger partial charge in [-0.1, -0.05) is 152 Å². The fourth-order valence-electron chi connectivity index (χ4n) is 6.77. The third kappa shape index (κ3) is 11.4. The fourth-order valence-corrected chi connectivity index (χ4v) is 6.77. The van der Waals surface area contributed by atoms with Crippen LogP contribution in [0.15, 0.2) is 164 Å². The maximum Gasteiger partial charge on any atom is 0.187 e. The van der Waals surface area contributed by atoms with Crippen LogP contribution >= 0.6 is 0 Å². The van der Waals surface area contributed by atoms with Gasteiger partial charge in [0.2, 0.25) is 0 Å². The van der Waals surface area contributed by atoms with Crippen molar-refractivity contribution in [2.24, 2.45) is 0 Å². The van der Waals surface area contributed by atoms with Crippen LogP contribution in [0.3, 0.4) is 0 Å². The summed E-state index contributed by atoms with van der Waals surface area (Å²) >= 11 is 0. The Morgan fingerprint density at radius 2 is 0.857 bits per heavy atom. The molecule has 292 valence electrons. The van der Waals surface area contributed by atoms with Crippen molar-refractivity contribution in [2.45, 2.75) is 82.1 Å². The summed E-state index contributed by atoms with van der Waals surface area (Å²) in [6.07, 6.45) is -2.93. The van der Waals surface area contributed by atoms with Gasteiger partial charge in [0.25, 0.3) is 0 Å². The smallest absolute Gasteiger partial charge is 0.187 e. The SMILES string of the molecule is O[C@H]1C(COCc2ccccc2)OC(O[C@H]2C(OCc3ccccc3)C=COC2COCc2ccccc2)C(OCc2ccccc2)C1OCc1ccccc1. The van der Waals surface area contributed by atoms with Crippen molar-refractivity contribution >= 4 is 0 Å². The second kappa shape index (κ2) is 21.0. The topological polar surface area (TPSA) is 94.1 Å². The molecule has 0 spiro atoms. The van der Waals surface area contributed by atoms with E-state index in [2.05, 4.69) is 0 Å². The maximum atomic E-state index is 12.0. The van der Waals surface area contributed by atoms with E-state index in [1.54, 1.807) is 6.26 Å². The molecular weight excluding hydrogens is 709 g/mol. The molecule has 2 heterocycles. The van der Waals surface area contributed by atoms with Gasteiger partial charge in [-0.2, -0.15) is 0 Å². The Labute approximate surface area is 329 Å². The number of hydrogen-bond donors (Lipinski definition) is 1. The lowest BCUT2D eigenvalue weighted by molar-refractivity contribution is -0.341. The molecule has 0 aliphatic carbocycles. The quantitative estimate of drug-likeness (QED) is 0.0916. The van der Waals surface area contributed by atoms with Crippen LogP contribution in [-0.4, -0.2) is 67.3 Å². The number of ether oxygens (including phenoxy) is 8. The summed E-state index contributed by atoms with van der Waals surface area (Å²) in [6.45, 7) is 1.89. The second-order valence-electron chi connectivity index (χ2n) is 13.9. The van der Waals surface area contributed by atoms with E-state index < -0.39 is 49.0 Å². The molecule has 56 heavy (non-hydrogen) atoms. The van der Waals surface area contributed by atoms with Crippen molar-refractivity contribution in [2.75, 3.05) is 13.2 Å². The largest absolute Gasteiger partial charge is 0.493 e. The number of rotatable bonds is 19. The molecule has 5 aromatic carbocycles. The van der Waals surface area contributed by atoms with Crippen molar-refractivity contribution in [3.8, 4) is 0 Å². The van der Waals surface area contributed by atoms with E-state index in [0.29, 0.717) is 19.8 Å². The second-order valence-corrected chi connectivity index (χ2v) is 13.9. The summed E-state index contributed by atoms with van der Waals surface area (Å²) in [5, 5.41) is 12.0. The van der Waals surface area contributed by atoms with Crippen molar-refractivity contribution in [3.05, 3.63) is 192 Å². The number of benzene rings is 5. The highest BCUT2D eigenvalue weighted by molar-refractivity contribution is 5.17. The van der Waals surface area contributed by atoms with Crippen LogP contribution in [0.2, 0.25) is 0 Å². The highest BCUT2D eigenvalue weighted by atomic mass is 16.7. The average Bonchev–Trinajstić information content (AvgIpc) is 3.25. The molecule has 2 aliphatic heterocycles. The van der Waals surface area contributed by atoms with E-state index in [-0.39, 0.29) is 26.4 Å². The molecule has 2 aliphatic rings. The zero-order valence-electron chi connectivity index (χ0n) is 31.4. The van der Waals surface area contributed by atoms with E-state index in [1.807, 2.05) is 158 Å². The first-order valence-electron chi connectivity index (χ1n) is 19.2. The predicted molar refractivity (Wildman–Crippen MR) is 211 cm³/mol. The number of hydrogen-bond acceptors (Lipinski definition) is 9. The standard InChI is InChI=1S/C47H50O9/c48-43-41(33-49-28-35-16-6-1-7-17-35)55-47(46(54-32-39-24-14-5-15-25-39)45(43)53-31-38-22-12-4-13-23-38)56-44-40(52-30-37-20-10-3-11-21-37)26-27-51-42(44)34-50-29-36-18-8-2-9-19-36/h1-27,40-48H,28-34H2/t40?,41?,42?,43-,44-,45?,46?,47?/m0/s1. The molecule has 8 atom stereocenters. The van der Waals surface area contributed by atoms with E-state index in [1.165, 1.54) is 0 Å². The Balaban J connectivity index is 1.16. The highest BCUT2D eigenvalue weighted by Crippen LogP contribution is 2.32. The minimum Gasteiger partial charge on any atom is -0.493 e. The van der Waals surface area contributed by atoms with Crippen molar-refractivity contribution in [1.82, 2.24) is 0 Å². The summed E-state index contributed by atoms with van der Waals surface area (Å²) in [6, 6.07) is 49.6.